The van der Waals surface area contributed by atoms with Gasteiger partial charge in [0.05, 0.1) is 6.04 Å². The summed E-state index contributed by atoms with van der Waals surface area (Å²) in [4.78, 5) is 13.1. The predicted molar refractivity (Wildman–Crippen MR) is 70.2 cm³/mol. The largest absolute Gasteiger partial charge is 0.444 e. The highest BCUT2D eigenvalue weighted by Crippen LogP contribution is 2.22. The summed E-state index contributed by atoms with van der Waals surface area (Å²) in [7, 11) is 0. The molecule has 1 rings (SSSR count). The molecule has 0 aromatic carbocycles. The lowest BCUT2D eigenvalue weighted by Crippen LogP contribution is -2.37. The van der Waals surface area contributed by atoms with Crippen molar-refractivity contribution in [3.8, 4) is 6.07 Å². The van der Waals surface area contributed by atoms with Crippen LogP contribution in [0.25, 0.3) is 0 Å². The highest BCUT2D eigenvalue weighted by molar-refractivity contribution is 7.12. The molecule has 0 saturated heterocycles. The topological polar surface area (TPSA) is 88.1 Å². The van der Waals surface area contributed by atoms with E-state index in [2.05, 4.69) is 11.4 Å². The SMILES string of the molecule is CC(C)(C)OC(=O)NC(CN)c1ccc(C#N)s1. The van der Waals surface area contributed by atoms with Crippen LogP contribution in [-0.2, 0) is 4.74 Å². The van der Waals surface area contributed by atoms with Crippen molar-refractivity contribution in [1.82, 2.24) is 5.32 Å². The lowest BCUT2D eigenvalue weighted by atomic mass is 10.2. The van der Waals surface area contributed by atoms with Crippen LogP contribution in [0.3, 0.4) is 0 Å². The quantitative estimate of drug-likeness (QED) is 0.878. The van der Waals surface area contributed by atoms with E-state index in [1.807, 2.05) is 0 Å². The first-order valence-electron chi connectivity index (χ1n) is 5.55. The molecule has 1 heterocycles. The summed E-state index contributed by atoms with van der Waals surface area (Å²) in [6.07, 6.45) is -0.509. The van der Waals surface area contributed by atoms with Gasteiger partial charge >= 0.3 is 6.09 Å². The molecule has 1 aromatic rings. The number of alkyl carbamates (subject to hydrolysis) is 1. The summed E-state index contributed by atoms with van der Waals surface area (Å²) in [5, 5.41) is 11.4. The molecule has 0 radical (unpaired) electrons. The molecule has 1 atom stereocenters. The van der Waals surface area contributed by atoms with E-state index in [0.717, 1.165) is 4.88 Å². The third kappa shape index (κ3) is 4.35. The summed E-state index contributed by atoms with van der Waals surface area (Å²) in [5.41, 5.74) is 5.08. The van der Waals surface area contributed by atoms with Crippen LogP contribution in [0.4, 0.5) is 4.79 Å². The zero-order valence-electron chi connectivity index (χ0n) is 10.7. The Balaban J connectivity index is 2.68. The number of carbonyl (C=O) groups is 1. The Labute approximate surface area is 111 Å². The van der Waals surface area contributed by atoms with Gasteiger partial charge in [-0.2, -0.15) is 5.26 Å². The molecule has 1 amide bonds. The monoisotopic (exact) mass is 267 g/mol. The van der Waals surface area contributed by atoms with Crippen molar-refractivity contribution in [2.24, 2.45) is 5.73 Å². The molecule has 98 valence electrons. The normalized spacial score (nSPS) is 12.6. The molecular weight excluding hydrogens is 250 g/mol. The second kappa shape index (κ2) is 5.85. The van der Waals surface area contributed by atoms with Crippen LogP contribution >= 0.6 is 11.3 Å². The summed E-state index contributed by atoms with van der Waals surface area (Å²) < 4.78 is 5.16. The first-order chi connectivity index (χ1) is 8.35. The van der Waals surface area contributed by atoms with E-state index in [1.54, 1.807) is 32.9 Å². The van der Waals surface area contributed by atoms with Crippen LogP contribution in [0.15, 0.2) is 12.1 Å². The molecule has 1 unspecified atom stereocenters. The third-order valence-electron chi connectivity index (χ3n) is 2.01. The lowest BCUT2D eigenvalue weighted by Gasteiger charge is -2.22. The molecule has 0 aliphatic rings. The van der Waals surface area contributed by atoms with Crippen molar-refractivity contribution in [2.75, 3.05) is 6.54 Å². The van der Waals surface area contributed by atoms with Crippen molar-refractivity contribution in [3.63, 3.8) is 0 Å². The van der Waals surface area contributed by atoms with E-state index in [9.17, 15) is 4.79 Å². The van der Waals surface area contributed by atoms with E-state index >= 15 is 0 Å². The summed E-state index contributed by atoms with van der Waals surface area (Å²) in [5.74, 6) is 0. The minimum absolute atomic E-state index is 0.255. The number of hydrogen-bond acceptors (Lipinski definition) is 5. The Morgan fingerprint density at radius 3 is 2.72 bits per heavy atom. The Morgan fingerprint density at radius 2 is 2.28 bits per heavy atom. The fourth-order valence-corrected chi connectivity index (χ4v) is 2.17. The third-order valence-corrected chi connectivity index (χ3v) is 3.11. The predicted octanol–water partition coefficient (Wildman–Crippen LogP) is 2.14. The van der Waals surface area contributed by atoms with Gasteiger partial charge in [0.15, 0.2) is 0 Å². The fraction of sp³-hybridized carbons (Fsp3) is 0.500. The number of nitrogens with zero attached hydrogens (tertiary/aromatic N) is 1. The number of thiophene rings is 1. The number of carbonyl (C=O) groups excluding carboxylic acids is 1. The number of rotatable bonds is 3. The van der Waals surface area contributed by atoms with Gasteiger partial charge in [-0.25, -0.2) is 4.79 Å². The van der Waals surface area contributed by atoms with Gasteiger partial charge in [-0.1, -0.05) is 0 Å². The van der Waals surface area contributed by atoms with Crippen LogP contribution < -0.4 is 11.1 Å². The highest BCUT2D eigenvalue weighted by Gasteiger charge is 2.20. The van der Waals surface area contributed by atoms with E-state index in [4.69, 9.17) is 15.7 Å². The number of hydrogen-bond donors (Lipinski definition) is 2. The Bertz CT molecular complexity index is 457. The molecule has 0 saturated carbocycles. The van der Waals surface area contributed by atoms with Crippen molar-refractivity contribution >= 4 is 17.4 Å². The van der Waals surface area contributed by atoms with Crippen LogP contribution in [0.5, 0.6) is 0 Å². The zero-order valence-corrected chi connectivity index (χ0v) is 11.5. The first kappa shape index (κ1) is 14.5. The second-order valence-electron chi connectivity index (χ2n) is 4.75. The van der Waals surface area contributed by atoms with Crippen molar-refractivity contribution in [2.45, 2.75) is 32.4 Å². The van der Waals surface area contributed by atoms with Gasteiger partial charge < -0.3 is 15.8 Å². The van der Waals surface area contributed by atoms with Gasteiger partial charge in [0.25, 0.3) is 0 Å². The smallest absolute Gasteiger partial charge is 0.408 e. The Kier molecular flexibility index (Phi) is 4.70. The zero-order chi connectivity index (χ0) is 13.8. The number of ether oxygens (including phenoxy) is 1. The standard InChI is InChI=1S/C12H17N3O2S/c1-12(2,3)17-11(16)15-9(7-14)10-5-4-8(6-13)18-10/h4-5,9H,7,14H2,1-3H3,(H,15,16). The highest BCUT2D eigenvalue weighted by atomic mass is 32.1. The van der Waals surface area contributed by atoms with Gasteiger partial charge in [0.1, 0.15) is 16.5 Å². The molecule has 0 spiro atoms. The van der Waals surface area contributed by atoms with Crippen LogP contribution in [-0.4, -0.2) is 18.2 Å². The van der Waals surface area contributed by atoms with Crippen molar-refractivity contribution < 1.29 is 9.53 Å². The van der Waals surface area contributed by atoms with E-state index in [-0.39, 0.29) is 12.6 Å². The van der Waals surface area contributed by atoms with Gasteiger partial charge in [-0.15, -0.1) is 11.3 Å². The molecule has 0 fully saturated rings. The molecule has 6 heteroatoms. The number of amides is 1. The summed E-state index contributed by atoms with van der Waals surface area (Å²) in [6, 6.07) is 5.22. The molecule has 0 aliphatic heterocycles. The van der Waals surface area contributed by atoms with E-state index in [1.165, 1.54) is 11.3 Å². The minimum atomic E-state index is -0.545. The Hall–Kier alpha value is -1.58. The van der Waals surface area contributed by atoms with Gasteiger partial charge in [-0.3, -0.25) is 0 Å². The molecule has 3 N–H and O–H groups in total. The van der Waals surface area contributed by atoms with Gasteiger partial charge in [-0.05, 0) is 32.9 Å². The maximum Gasteiger partial charge on any atom is 0.408 e. The number of nitriles is 1. The van der Waals surface area contributed by atoms with Gasteiger partial charge in [0, 0.05) is 11.4 Å². The molecule has 5 nitrogen and oxygen atoms in total. The van der Waals surface area contributed by atoms with Crippen molar-refractivity contribution in [1.29, 1.82) is 5.26 Å². The molecule has 0 bridgehead atoms. The minimum Gasteiger partial charge on any atom is -0.444 e. The first-order valence-corrected chi connectivity index (χ1v) is 6.37. The van der Waals surface area contributed by atoms with Crippen LogP contribution in [0, 0.1) is 11.3 Å². The van der Waals surface area contributed by atoms with E-state index < -0.39 is 11.7 Å². The Morgan fingerprint density at radius 1 is 1.61 bits per heavy atom. The van der Waals surface area contributed by atoms with Crippen LogP contribution in [0.2, 0.25) is 0 Å². The second-order valence-corrected chi connectivity index (χ2v) is 5.86. The maximum atomic E-state index is 11.6. The van der Waals surface area contributed by atoms with E-state index in [0.29, 0.717) is 4.88 Å². The molecule has 1 aromatic heterocycles. The lowest BCUT2D eigenvalue weighted by molar-refractivity contribution is 0.0506. The summed E-state index contributed by atoms with van der Waals surface area (Å²) in [6.45, 7) is 5.64. The average Bonchev–Trinajstić information content (AvgIpc) is 2.71. The summed E-state index contributed by atoms with van der Waals surface area (Å²) >= 11 is 1.31. The fourth-order valence-electron chi connectivity index (χ4n) is 1.30. The van der Waals surface area contributed by atoms with Crippen molar-refractivity contribution in [3.05, 3.63) is 21.9 Å². The van der Waals surface area contributed by atoms with Gasteiger partial charge in [0.2, 0.25) is 0 Å². The number of nitrogens with two attached hydrogens (primary N) is 1. The number of nitrogens with one attached hydrogen (secondary N) is 1. The van der Waals surface area contributed by atoms with Crippen LogP contribution in [0.1, 0.15) is 36.6 Å². The molecule has 0 aliphatic carbocycles. The molecule has 18 heavy (non-hydrogen) atoms. The average molecular weight is 267 g/mol. The maximum absolute atomic E-state index is 11.6. The molecular formula is C12H17N3O2S.